The minimum absolute atomic E-state index is 0.121. The van der Waals surface area contributed by atoms with Gasteiger partial charge in [0.1, 0.15) is 6.26 Å². The summed E-state index contributed by atoms with van der Waals surface area (Å²) in [5.74, 6) is -0.286. The zero-order valence-corrected chi connectivity index (χ0v) is 9.92. The zero-order valence-electron chi connectivity index (χ0n) is 9.92. The highest BCUT2D eigenvalue weighted by molar-refractivity contribution is 5.96. The Bertz CT molecular complexity index is 669. The van der Waals surface area contributed by atoms with Crippen LogP contribution in [0.2, 0.25) is 0 Å². The smallest absolute Gasteiger partial charge is 0.416 e. The SMILES string of the molecule is CN1C(=O)CCc2cc(-n3ccoc3=O)ccc21. The summed E-state index contributed by atoms with van der Waals surface area (Å²) in [6.07, 6.45) is 4.16. The highest BCUT2D eigenvalue weighted by Gasteiger charge is 2.21. The standard InChI is InChI=1S/C13H12N2O3/c1-14-11-4-3-10(15-6-7-18-13(15)17)8-9(11)2-5-12(14)16/h3-4,6-8H,2,5H2,1H3. The number of hydrogen-bond acceptors (Lipinski definition) is 3. The van der Waals surface area contributed by atoms with Crippen LogP contribution in [0.4, 0.5) is 5.69 Å². The number of fused-ring (bicyclic) bond motifs is 1. The Labute approximate surface area is 103 Å². The molecule has 0 unspecified atom stereocenters. The van der Waals surface area contributed by atoms with E-state index in [9.17, 15) is 9.59 Å². The molecule has 0 fully saturated rings. The molecule has 5 nitrogen and oxygen atoms in total. The Hall–Kier alpha value is -2.30. The van der Waals surface area contributed by atoms with E-state index < -0.39 is 5.76 Å². The Balaban J connectivity index is 2.10. The molecular weight excluding hydrogens is 232 g/mol. The third-order valence-corrected chi connectivity index (χ3v) is 3.26. The minimum Gasteiger partial charge on any atom is -0.416 e. The van der Waals surface area contributed by atoms with Gasteiger partial charge in [0.05, 0.1) is 11.9 Å². The van der Waals surface area contributed by atoms with Crippen LogP contribution in [0.15, 0.2) is 39.9 Å². The number of aromatic nitrogens is 1. The third-order valence-electron chi connectivity index (χ3n) is 3.26. The van der Waals surface area contributed by atoms with E-state index in [0.717, 1.165) is 16.9 Å². The Morgan fingerprint density at radius 2 is 2.06 bits per heavy atom. The summed E-state index contributed by atoms with van der Waals surface area (Å²) in [6, 6.07) is 5.60. The summed E-state index contributed by atoms with van der Waals surface area (Å²) in [7, 11) is 1.77. The van der Waals surface area contributed by atoms with Gasteiger partial charge < -0.3 is 9.32 Å². The maximum atomic E-state index is 11.6. The maximum absolute atomic E-state index is 11.6. The molecule has 1 aliphatic rings. The van der Waals surface area contributed by atoms with E-state index in [-0.39, 0.29) is 5.91 Å². The normalized spacial score (nSPS) is 14.7. The molecule has 1 aromatic heterocycles. The average Bonchev–Trinajstić information content (AvgIpc) is 2.80. The number of benzene rings is 1. The van der Waals surface area contributed by atoms with Crippen molar-refractivity contribution < 1.29 is 9.21 Å². The number of hydrogen-bond donors (Lipinski definition) is 0. The second-order valence-electron chi connectivity index (χ2n) is 4.30. The van der Waals surface area contributed by atoms with E-state index in [4.69, 9.17) is 4.42 Å². The third kappa shape index (κ3) is 1.55. The molecule has 0 aliphatic carbocycles. The summed E-state index contributed by atoms with van der Waals surface area (Å²) < 4.78 is 6.19. The first kappa shape index (κ1) is 10.8. The summed E-state index contributed by atoms with van der Waals surface area (Å²) in [6.45, 7) is 0. The quantitative estimate of drug-likeness (QED) is 0.760. The first-order valence-electron chi connectivity index (χ1n) is 5.73. The van der Waals surface area contributed by atoms with Gasteiger partial charge in [-0.1, -0.05) is 0 Å². The number of anilines is 1. The number of amides is 1. The number of rotatable bonds is 1. The van der Waals surface area contributed by atoms with Gasteiger partial charge in [-0.25, -0.2) is 9.36 Å². The molecule has 2 heterocycles. The number of carbonyl (C=O) groups excluding carboxylic acids is 1. The molecule has 0 saturated heterocycles. The fraction of sp³-hybridized carbons (Fsp3) is 0.231. The average molecular weight is 244 g/mol. The molecular formula is C13H12N2O3. The van der Waals surface area contributed by atoms with Gasteiger partial charge in [-0.2, -0.15) is 0 Å². The summed E-state index contributed by atoms with van der Waals surface area (Å²) >= 11 is 0. The van der Waals surface area contributed by atoms with Crippen molar-refractivity contribution in [2.45, 2.75) is 12.8 Å². The van der Waals surface area contributed by atoms with Crippen LogP contribution in [0.25, 0.3) is 5.69 Å². The van der Waals surface area contributed by atoms with E-state index in [1.54, 1.807) is 18.1 Å². The van der Waals surface area contributed by atoms with Crippen LogP contribution in [0.1, 0.15) is 12.0 Å². The van der Waals surface area contributed by atoms with Gasteiger partial charge in [0.2, 0.25) is 5.91 Å². The van der Waals surface area contributed by atoms with E-state index in [1.807, 2.05) is 18.2 Å². The molecule has 18 heavy (non-hydrogen) atoms. The number of oxazole rings is 1. The van der Waals surface area contributed by atoms with Crippen molar-refractivity contribution in [3.63, 3.8) is 0 Å². The molecule has 92 valence electrons. The fourth-order valence-electron chi connectivity index (χ4n) is 2.25. The molecule has 0 N–H and O–H groups in total. The monoisotopic (exact) mass is 244 g/mol. The van der Waals surface area contributed by atoms with Crippen molar-refractivity contribution in [2.24, 2.45) is 0 Å². The molecule has 2 aromatic rings. The predicted molar refractivity (Wildman–Crippen MR) is 66.0 cm³/mol. The Morgan fingerprint density at radius 3 is 2.78 bits per heavy atom. The van der Waals surface area contributed by atoms with Crippen molar-refractivity contribution in [2.75, 3.05) is 11.9 Å². The molecule has 0 saturated carbocycles. The van der Waals surface area contributed by atoms with Crippen molar-refractivity contribution in [3.05, 3.63) is 46.8 Å². The Kier molecular flexibility index (Phi) is 2.33. The van der Waals surface area contributed by atoms with Crippen LogP contribution in [0, 0.1) is 0 Å². The van der Waals surface area contributed by atoms with Crippen molar-refractivity contribution in [1.29, 1.82) is 0 Å². The lowest BCUT2D eigenvalue weighted by molar-refractivity contribution is -0.118. The van der Waals surface area contributed by atoms with Gasteiger partial charge in [0, 0.05) is 19.2 Å². The van der Waals surface area contributed by atoms with Crippen LogP contribution in [0.3, 0.4) is 0 Å². The Morgan fingerprint density at radius 1 is 1.22 bits per heavy atom. The number of carbonyl (C=O) groups is 1. The van der Waals surface area contributed by atoms with Gasteiger partial charge in [0.25, 0.3) is 0 Å². The minimum atomic E-state index is -0.407. The van der Waals surface area contributed by atoms with E-state index in [1.165, 1.54) is 10.8 Å². The first-order chi connectivity index (χ1) is 8.66. The highest BCUT2D eigenvalue weighted by Crippen LogP contribution is 2.28. The van der Waals surface area contributed by atoms with Crippen LogP contribution in [-0.4, -0.2) is 17.5 Å². The van der Waals surface area contributed by atoms with E-state index in [0.29, 0.717) is 12.8 Å². The van der Waals surface area contributed by atoms with Gasteiger partial charge in [-0.3, -0.25) is 4.79 Å². The second kappa shape index (κ2) is 3.87. The maximum Gasteiger partial charge on any atom is 0.423 e. The summed E-state index contributed by atoms with van der Waals surface area (Å²) in [5.41, 5.74) is 2.74. The largest absolute Gasteiger partial charge is 0.423 e. The molecule has 0 bridgehead atoms. The lowest BCUT2D eigenvalue weighted by Crippen LogP contribution is -2.31. The topological polar surface area (TPSA) is 55.5 Å². The molecule has 1 amide bonds. The van der Waals surface area contributed by atoms with Gasteiger partial charge in [-0.15, -0.1) is 0 Å². The van der Waals surface area contributed by atoms with Crippen LogP contribution >= 0.6 is 0 Å². The van der Waals surface area contributed by atoms with Gasteiger partial charge in [0.15, 0.2) is 0 Å². The predicted octanol–water partition coefficient (Wildman–Crippen LogP) is 1.34. The van der Waals surface area contributed by atoms with E-state index in [2.05, 4.69) is 0 Å². The van der Waals surface area contributed by atoms with Crippen molar-refractivity contribution in [1.82, 2.24) is 4.57 Å². The van der Waals surface area contributed by atoms with Gasteiger partial charge >= 0.3 is 5.76 Å². The zero-order chi connectivity index (χ0) is 12.7. The van der Waals surface area contributed by atoms with Crippen LogP contribution in [0.5, 0.6) is 0 Å². The second-order valence-corrected chi connectivity index (χ2v) is 4.30. The first-order valence-corrected chi connectivity index (χ1v) is 5.73. The summed E-state index contributed by atoms with van der Waals surface area (Å²) in [5, 5.41) is 0. The van der Waals surface area contributed by atoms with Crippen molar-refractivity contribution >= 4 is 11.6 Å². The lowest BCUT2D eigenvalue weighted by atomic mass is 10.0. The molecule has 0 atom stereocenters. The molecule has 1 aliphatic heterocycles. The highest BCUT2D eigenvalue weighted by atomic mass is 16.4. The molecule has 0 radical (unpaired) electrons. The van der Waals surface area contributed by atoms with E-state index >= 15 is 0 Å². The number of aryl methyl sites for hydroxylation is 1. The lowest BCUT2D eigenvalue weighted by Gasteiger charge is -2.26. The number of nitrogens with zero attached hydrogens (tertiary/aromatic N) is 2. The molecule has 3 rings (SSSR count). The molecule has 1 aromatic carbocycles. The van der Waals surface area contributed by atoms with Crippen molar-refractivity contribution in [3.8, 4) is 5.69 Å². The molecule has 0 spiro atoms. The van der Waals surface area contributed by atoms with Crippen LogP contribution in [-0.2, 0) is 11.2 Å². The van der Waals surface area contributed by atoms with Crippen LogP contribution < -0.4 is 10.7 Å². The molecule has 5 heteroatoms. The van der Waals surface area contributed by atoms with Gasteiger partial charge in [-0.05, 0) is 30.2 Å². The summed E-state index contributed by atoms with van der Waals surface area (Å²) in [4.78, 5) is 24.7. The fourth-order valence-corrected chi connectivity index (χ4v) is 2.25.